The van der Waals surface area contributed by atoms with Crippen molar-refractivity contribution in [3.63, 3.8) is 0 Å². The molecule has 144 valence electrons. The summed E-state index contributed by atoms with van der Waals surface area (Å²) >= 11 is 0. The molecule has 2 heteroatoms. The summed E-state index contributed by atoms with van der Waals surface area (Å²) in [5.41, 5.74) is 4.76. The molecule has 0 unspecified atom stereocenters. The molecule has 3 rings (SSSR count). The first-order chi connectivity index (χ1) is 13.2. The van der Waals surface area contributed by atoms with Gasteiger partial charge in [-0.3, -0.25) is 0 Å². The number of methoxy groups -OCH3 is 1. The fourth-order valence-corrected chi connectivity index (χ4v) is 2.38. The van der Waals surface area contributed by atoms with Crippen LogP contribution in [0.1, 0.15) is 38.8 Å². The number of rotatable bonds is 5. The molecule has 2 nitrogen and oxygen atoms in total. The van der Waals surface area contributed by atoms with Crippen LogP contribution in [0.3, 0.4) is 0 Å². The molecular weight excluding hydrogens is 332 g/mol. The molecule has 0 amide bonds. The summed E-state index contributed by atoms with van der Waals surface area (Å²) in [6.07, 6.45) is 0. The first kappa shape index (κ1) is 22.3. The molecule has 27 heavy (non-hydrogen) atoms. The van der Waals surface area contributed by atoms with E-state index in [2.05, 4.69) is 55.5 Å². The van der Waals surface area contributed by atoms with Gasteiger partial charge in [0.2, 0.25) is 0 Å². The van der Waals surface area contributed by atoms with Crippen LogP contribution in [0, 0.1) is 6.92 Å². The Morgan fingerprint density at radius 2 is 1.04 bits per heavy atom. The fraction of sp³-hybridized carbons (Fsp3) is 0.280. The first-order valence-corrected chi connectivity index (χ1v) is 9.67. The van der Waals surface area contributed by atoms with Crippen molar-refractivity contribution in [3.05, 3.63) is 83.9 Å². The zero-order valence-corrected chi connectivity index (χ0v) is 17.5. The zero-order chi connectivity index (χ0) is 20.1. The highest BCUT2D eigenvalue weighted by Gasteiger charge is 2.00. The summed E-state index contributed by atoms with van der Waals surface area (Å²) in [5.74, 6) is 1.75. The van der Waals surface area contributed by atoms with Gasteiger partial charge in [0, 0.05) is 0 Å². The van der Waals surface area contributed by atoms with E-state index in [1.165, 1.54) is 11.1 Å². The monoisotopic (exact) mass is 364 g/mol. The lowest BCUT2D eigenvalue weighted by Gasteiger charge is -2.08. The van der Waals surface area contributed by atoms with E-state index in [4.69, 9.17) is 9.47 Å². The molecule has 0 bridgehead atoms. The predicted molar refractivity (Wildman–Crippen MR) is 117 cm³/mol. The third-order valence-electron chi connectivity index (χ3n) is 3.80. The molecule has 3 aromatic carbocycles. The maximum absolute atomic E-state index is 5.84. The highest BCUT2D eigenvalue weighted by atomic mass is 16.5. The van der Waals surface area contributed by atoms with Gasteiger partial charge >= 0.3 is 0 Å². The molecule has 0 fully saturated rings. The lowest BCUT2D eigenvalue weighted by molar-refractivity contribution is 0.306. The highest BCUT2D eigenvalue weighted by Crippen LogP contribution is 2.24. The Morgan fingerprint density at radius 3 is 1.48 bits per heavy atom. The van der Waals surface area contributed by atoms with Gasteiger partial charge in [-0.1, -0.05) is 81.8 Å². The number of hydrogen-bond acceptors (Lipinski definition) is 2. The molecule has 0 spiro atoms. The van der Waals surface area contributed by atoms with E-state index in [-0.39, 0.29) is 0 Å². The van der Waals surface area contributed by atoms with Gasteiger partial charge in [0.15, 0.2) is 0 Å². The van der Waals surface area contributed by atoms with Gasteiger partial charge in [0.1, 0.15) is 18.1 Å². The van der Waals surface area contributed by atoms with E-state index >= 15 is 0 Å². The summed E-state index contributed by atoms with van der Waals surface area (Å²) in [5, 5.41) is 0. The van der Waals surface area contributed by atoms with Crippen molar-refractivity contribution in [1.29, 1.82) is 0 Å². The molecule has 0 aromatic heterocycles. The largest absolute Gasteiger partial charge is 0.497 e. The number of aryl methyl sites for hydroxylation is 1. The average molecular weight is 365 g/mol. The minimum absolute atomic E-state index is 0.585. The molecule has 3 aromatic rings. The van der Waals surface area contributed by atoms with Crippen LogP contribution in [0.4, 0.5) is 0 Å². The van der Waals surface area contributed by atoms with Crippen molar-refractivity contribution in [1.82, 2.24) is 0 Å². The van der Waals surface area contributed by atoms with Crippen LogP contribution in [-0.2, 0) is 6.61 Å². The molecular formula is C25H32O2. The van der Waals surface area contributed by atoms with Crippen LogP contribution < -0.4 is 9.47 Å². The van der Waals surface area contributed by atoms with Gasteiger partial charge in [-0.05, 0) is 47.9 Å². The van der Waals surface area contributed by atoms with Gasteiger partial charge in [-0.15, -0.1) is 0 Å². The summed E-state index contributed by atoms with van der Waals surface area (Å²) in [6, 6.07) is 24.6. The van der Waals surface area contributed by atoms with E-state index in [0.717, 1.165) is 22.6 Å². The number of benzene rings is 3. The summed E-state index contributed by atoms with van der Waals surface area (Å²) in [7, 11) is 1.68. The second kappa shape index (κ2) is 12.6. The van der Waals surface area contributed by atoms with Crippen molar-refractivity contribution < 1.29 is 9.47 Å². The Labute approximate surface area is 164 Å². The number of ether oxygens (including phenoxy) is 2. The van der Waals surface area contributed by atoms with Crippen LogP contribution >= 0.6 is 0 Å². The average Bonchev–Trinajstić information content (AvgIpc) is 2.77. The molecule has 0 aliphatic rings. The van der Waals surface area contributed by atoms with E-state index in [1.54, 1.807) is 7.11 Å². The Kier molecular flexibility index (Phi) is 10.4. The Hall–Kier alpha value is -2.74. The van der Waals surface area contributed by atoms with Crippen molar-refractivity contribution in [2.75, 3.05) is 7.11 Å². The summed E-state index contributed by atoms with van der Waals surface area (Å²) in [4.78, 5) is 0. The van der Waals surface area contributed by atoms with Gasteiger partial charge in [-0.25, -0.2) is 0 Å². The molecule has 0 atom stereocenters. The molecule has 0 aliphatic carbocycles. The van der Waals surface area contributed by atoms with E-state index < -0.39 is 0 Å². The smallest absolute Gasteiger partial charge is 0.119 e. The normalized spacial score (nSPS) is 9.26. The second-order valence-electron chi connectivity index (χ2n) is 5.53. The molecule has 0 N–H and O–H groups in total. The van der Waals surface area contributed by atoms with Crippen LogP contribution in [0.5, 0.6) is 11.5 Å². The maximum Gasteiger partial charge on any atom is 0.119 e. The third-order valence-corrected chi connectivity index (χ3v) is 3.80. The maximum atomic E-state index is 5.84. The third kappa shape index (κ3) is 7.18. The standard InChI is InChI=1S/C21H20O2.2C2H6/c1-16-3-5-17(6-4-16)15-23-21-13-9-19(10-14-21)18-7-11-20(22-2)12-8-18;2*1-2/h3-14H,15H2,1-2H3;2*1-2H3. The van der Waals surface area contributed by atoms with Crippen molar-refractivity contribution in [2.24, 2.45) is 0 Å². The lowest BCUT2D eigenvalue weighted by atomic mass is 10.1. The topological polar surface area (TPSA) is 18.5 Å². The second-order valence-corrected chi connectivity index (χ2v) is 5.53. The quantitative estimate of drug-likeness (QED) is 0.473. The predicted octanol–water partition coefficient (Wildman–Crippen LogP) is 7.30. The van der Waals surface area contributed by atoms with Gasteiger partial charge in [0.25, 0.3) is 0 Å². The van der Waals surface area contributed by atoms with Crippen molar-refractivity contribution >= 4 is 0 Å². The van der Waals surface area contributed by atoms with Crippen LogP contribution in [0.2, 0.25) is 0 Å². The lowest BCUT2D eigenvalue weighted by Crippen LogP contribution is -1.95. The van der Waals surface area contributed by atoms with E-state index in [1.807, 2.05) is 52.0 Å². The molecule has 0 radical (unpaired) electrons. The minimum atomic E-state index is 0.585. The zero-order valence-electron chi connectivity index (χ0n) is 17.5. The molecule has 0 saturated heterocycles. The minimum Gasteiger partial charge on any atom is -0.497 e. The first-order valence-electron chi connectivity index (χ1n) is 9.67. The van der Waals surface area contributed by atoms with E-state index in [0.29, 0.717) is 6.61 Å². The van der Waals surface area contributed by atoms with Crippen molar-refractivity contribution in [2.45, 2.75) is 41.2 Å². The Bertz CT molecular complexity index is 742. The van der Waals surface area contributed by atoms with Crippen LogP contribution in [0.15, 0.2) is 72.8 Å². The Morgan fingerprint density at radius 1 is 0.593 bits per heavy atom. The summed E-state index contributed by atoms with van der Waals surface area (Å²) in [6.45, 7) is 10.7. The van der Waals surface area contributed by atoms with E-state index in [9.17, 15) is 0 Å². The Balaban J connectivity index is 0.000000855. The highest BCUT2D eigenvalue weighted by molar-refractivity contribution is 5.64. The van der Waals surface area contributed by atoms with Crippen LogP contribution in [-0.4, -0.2) is 7.11 Å². The summed E-state index contributed by atoms with van der Waals surface area (Å²) < 4.78 is 11.0. The van der Waals surface area contributed by atoms with Gasteiger partial charge in [0.05, 0.1) is 7.11 Å². The molecule has 0 aliphatic heterocycles. The van der Waals surface area contributed by atoms with Gasteiger partial charge in [-0.2, -0.15) is 0 Å². The SMILES string of the molecule is CC.CC.COc1ccc(-c2ccc(OCc3ccc(C)cc3)cc2)cc1. The van der Waals surface area contributed by atoms with Crippen molar-refractivity contribution in [3.8, 4) is 22.6 Å². The van der Waals surface area contributed by atoms with Crippen LogP contribution in [0.25, 0.3) is 11.1 Å². The molecule has 0 saturated carbocycles. The number of hydrogen-bond donors (Lipinski definition) is 0. The molecule has 0 heterocycles. The fourth-order valence-electron chi connectivity index (χ4n) is 2.38. The van der Waals surface area contributed by atoms with Gasteiger partial charge < -0.3 is 9.47 Å².